The minimum atomic E-state index is -0.664. The second kappa shape index (κ2) is 10.4. The van der Waals surface area contributed by atoms with E-state index in [1.807, 2.05) is 27.7 Å². The summed E-state index contributed by atoms with van der Waals surface area (Å²) >= 11 is 0. The Bertz CT molecular complexity index is 1620. The molecule has 2 amide bonds. The number of carbonyl (C=O) groups excluding carboxylic acids is 2. The molecule has 2 aromatic heterocycles. The molecule has 0 unspecified atom stereocenters. The number of anilines is 1. The summed E-state index contributed by atoms with van der Waals surface area (Å²) in [6.45, 7) is 7.49. The Morgan fingerprint density at radius 1 is 1.05 bits per heavy atom. The van der Waals surface area contributed by atoms with E-state index in [4.69, 9.17) is 0 Å². The van der Waals surface area contributed by atoms with Crippen molar-refractivity contribution in [2.24, 2.45) is 5.92 Å². The molecule has 0 aliphatic carbocycles. The zero-order valence-corrected chi connectivity index (χ0v) is 21.1. The zero-order valence-electron chi connectivity index (χ0n) is 21.1. The van der Waals surface area contributed by atoms with Crippen LogP contribution in [0.3, 0.4) is 0 Å². The summed E-state index contributed by atoms with van der Waals surface area (Å²) in [5.41, 5.74) is -0.554. The van der Waals surface area contributed by atoms with E-state index in [0.29, 0.717) is 13.0 Å². The predicted molar refractivity (Wildman–Crippen MR) is 138 cm³/mol. The van der Waals surface area contributed by atoms with Crippen molar-refractivity contribution in [2.45, 2.75) is 53.2 Å². The van der Waals surface area contributed by atoms with Crippen LogP contribution in [0.2, 0.25) is 0 Å². The lowest BCUT2D eigenvalue weighted by Crippen LogP contribution is -2.31. The van der Waals surface area contributed by atoms with Crippen molar-refractivity contribution in [3.05, 3.63) is 74.7 Å². The van der Waals surface area contributed by atoms with Crippen LogP contribution in [-0.2, 0) is 17.9 Å². The van der Waals surface area contributed by atoms with Crippen LogP contribution in [0.1, 0.15) is 44.5 Å². The van der Waals surface area contributed by atoms with Crippen LogP contribution in [0.15, 0.2) is 52.1 Å². The Labute approximate surface area is 211 Å². The highest BCUT2D eigenvalue weighted by molar-refractivity contribution is 5.98. The van der Waals surface area contributed by atoms with Crippen molar-refractivity contribution in [1.29, 1.82) is 0 Å². The van der Waals surface area contributed by atoms with Crippen LogP contribution in [0.5, 0.6) is 0 Å². The van der Waals surface area contributed by atoms with Crippen molar-refractivity contribution in [3.63, 3.8) is 0 Å². The average Bonchev–Trinajstić information content (AvgIpc) is 3.15. The Morgan fingerprint density at radius 2 is 1.78 bits per heavy atom. The number of aryl methyl sites for hydroxylation is 1. The normalized spacial score (nSPS) is 11.5. The van der Waals surface area contributed by atoms with Gasteiger partial charge in [0, 0.05) is 18.2 Å². The summed E-state index contributed by atoms with van der Waals surface area (Å²) in [4.78, 5) is 52.1. The standard InChI is InChI=1S/C26H29FN6O4/c1-15(2)11-12-31-24(36)18-10-9-17(23(35)28-16(3)4)13-21(18)33-25(31)30-32(26(33)37)14-22(34)29-20-8-6-5-7-19(20)27/h5-10,13,15-16H,11-12,14H2,1-4H3,(H,28,35)(H,29,34). The minimum absolute atomic E-state index is 0.0237. The fourth-order valence-electron chi connectivity index (χ4n) is 3.98. The molecule has 2 aromatic carbocycles. The molecule has 0 saturated carbocycles. The van der Waals surface area contributed by atoms with Gasteiger partial charge >= 0.3 is 5.69 Å². The Balaban J connectivity index is 1.85. The van der Waals surface area contributed by atoms with Gasteiger partial charge in [-0.3, -0.25) is 19.0 Å². The number of hydrogen-bond donors (Lipinski definition) is 2. The molecule has 194 valence electrons. The van der Waals surface area contributed by atoms with E-state index in [1.165, 1.54) is 45.4 Å². The molecule has 4 aromatic rings. The van der Waals surface area contributed by atoms with Gasteiger partial charge in [-0.25, -0.2) is 18.3 Å². The van der Waals surface area contributed by atoms with Gasteiger partial charge in [0.2, 0.25) is 11.7 Å². The number of carbonyl (C=O) groups is 2. The lowest BCUT2D eigenvalue weighted by molar-refractivity contribution is -0.117. The second-order valence-corrected chi connectivity index (χ2v) is 9.60. The summed E-state index contributed by atoms with van der Waals surface area (Å²) in [5.74, 6) is -1.28. The van der Waals surface area contributed by atoms with Gasteiger partial charge in [-0.15, -0.1) is 5.10 Å². The van der Waals surface area contributed by atoms with Gasteiger partial charge < -0.3 is 10.6 Å². The molecule has 4 rings (SSSR count). The highest BCUT2D eigenvalue weighted by Crippen LogP contribution is 2.16. The van der Waals surface area contributed by atoms with Crippen molar-refractivity contribution >= 4 is 34.2 Å². The molecule has 2 N–H and O–H groups in total. The van der Waals surface area contributed by atoms with Crippen LogP contribution >= 0.6 is 0 Å². The van der Waals surface area contributed by atoms with Crippen molar-refractivity contribution in [3.8, 4) is 0 Å². The number of amides is 2. The monoisotopic (exact) mass is 508 g/mol. The third-order valence-electron chi connectivity index (χ3n) is 5.83. The molecule has 0 fully saturated rings. The molecule has 0 bridgehead atoms. The highest BCUT2D eigenvalue weighted by Gasteiger charge is 2.20. The molecular formula is C26H29FN6O4. The smallest absolute Gasteiger partial charge is 0.350 e. The van der Waals surface area contributed by atoms with Gasteiger partial charge in [-0.05, 0) is 56.5 Å². The topological polar surface area (TPSA) is 120 Å². The number of fused-ring (bicyclic) bond motifs is 3. The number of benzene rings is 2. The summed E-state index contributed by atoms with van der Waals surface area (Å²) in [5, 5.41) is 9.77. The number of nitrogens with one attached hydrogen (secondary N) is 2. The predicted octanol–water partition coefficient (Wildman–Crippen LogP) is 2.77. The number of halogens is 1. The first-order valence-electron chi connectivity index (χ1n) is 12.1. The largest absolute Gasteiger partial charge is 0.352 e. The molecule has 2 heterocycles. The number of para-hydroxylation sites is 1. The van der Waals surface area contributed by atoms with Crippen LogP contribution in [-0.4, -0.2) is 36.6 Å². The second-order valence-electron chi connectivity index (χ2n) is 9.60. The third kappa shape index (κ3) is 5.30. The Morgan fingerprint density at radius 3 is 2.46 bits per heavy atom. The molecule has 0 spiro atoms. The molecule has 37 heavy (non-hydrogen) atoms. The maximum atomic E-state index is 14.0. The molecular weight excluding hydrogens is 479 g/mol. The molecule has 0 atom stereocenters. The van der Waals surface area contributed by atoms with Crippen molar-refractivity contribution in [2.75, 3.05) is 5.32 Å². The van der Waals surface area contributed by atoms with E-state index in [2.05, 4.69) is 15.7 Å². The lowest BCUT2D eigenvalue weighted by Gasteiger charge is -2.12. The van der Waals surface area contributed by atoms with Crippen LogP contribution < -0.4 is 21.9 Å². The Hall–Kier alpha value is -4.28. The number of hydrogen-bond acceptors (Lipinski definition) is 5. The molecule has 0 aliphatic heterocycles. The minimum Gasteiger partial charge on any atom is -0.350 e. The Kier molecular flexibility index (Phi) is 7.23. The number of nitrogens with zero attached hydrogens (tertiary/aromatic N) is 4. The van der Waals surface area contributed by atoms with E-state index in [0.717, 1.165) is 4.68 Å². The van der Waals surface area contributed by atoms with Gasteiger partial charge in [0.15, 0.2) is 0 Å². The summed E-state index contributed by atoms with van der Waals surface area (Å²) < 4.78 is 17.5. The molecule has 11 heteroatoms. The van der Waals surface area contributed by atoms with E-state index in [1.54, 1.807) is 6.07 Å². The maximum Gasteiger partial charge on any atom is 0.352 e. The quantitative estimate of drug-likeness (QED) is 0.379. The van der Waals surface area contributed by atoms with Gasteiger partial charge in [-0.1, -0.05) is 26.0 Å². The number of rotatable bonds is 8. The van der Waals surface area contributed by atoms with Crippen molar-refractivity contribution in [1.82, 2.24) is 24.1 Å². The van der Waals surface area contributed by atoms with Gasteiger partial charge in [-0.2, -0.15) is 0 Å². The van der Waals surface area contributed by atoms with Crippen LogP contribution in [0.4, 0.5) is 10.1 Å². The first-order valence-corrected chi connectivity index (χ1v) is 12.1. The molecule has 0 radical (unpaired) electrons. The van der Waals surface area contributed by atoms with Crippen molar-refractivity contribution < 1.29 is 14.0 Å². The summed E-state index contributed by atoms with van der Waals surface area (Å²) in [7, 11) is 0. The van der Waals surface area contributed by atoms with Crippen LogP contribution in [0, 0.1) is 11.7 Å². The molecule has 0 saturated heterocycles. The zero-order chi connectivity index (χ0) is 26.9. The summed E-state index contributed by atoms with van der Waals surface area (Å²) in [6.07, 6.45) is 0.658. The van der Waals surface area contributed by atoms with E-state index >= 15 is 0 Å². The van der Waals surface area contributed by atoms with E-state index in [9.17, 15) is 23.6 Å². The van der Waals surface area contributed by atoms with Crippen LogP contribution in [0.25, 0.3) is 16.7 Å². The van der Waals surface area contributed by atoms with Gasteiger partial charge in [0.1, 0.15) is 12.4 Å². The number of aromatic nitrogens is 4. The molecule has 0 aliphatic rings. The highest BCUT2D eigenvalue weighted by atomic mass is 19.1. The maximum absolute atomic E-state index is 14.0. The fraction of sp³-hybridized carbons (Fsp3) is 0.346. The first kappa shape index (κ1) is 25.8. The first-order chi connectivity index (χ1) is 17.6. The SMILES string of the molecule is CC(C)CCn1c(=O)c2ccc(C(=O)NC(C)C)cc2n2c(=O)n(CC(=O)Nc3ccccc3F)nc12. The average molecular weight is 509 g/mol. The third-order valence-corrected chi connectivity index (χ3v) is 5.83. The molecule has 10 nitrogen and oxygen atoms in total. The lowest BCUT2D eigenvalue weighted by atomic mass is 10.1. The van der Waals surface area contributed by atoms with E-state index < -0.39 is 24.0 Å². The van der Waals surface area contributed by atoms with E-state index in [-0.39, 0.29) is 51.4 Å². The summed E-state index contributed by atoms with van der Waals surface area (Å²) in [6, 6.07) is 10.1. The van der Waals surface area contributed by atoms with Gasteiger partial charge in [0.25, 0.3) is 11.5 Å². The fourth-order valence-corrected chi connectivity index (χ4v) is 3.98. The van der Waals surface area contributed by atoms with Gasteiger partial charge in [0.05, 0.1) is 16.6 Å².